The van der Waals surface area contributed by atoms with Crippen LogP contribution in [0.3, 0.4) is 0 Å². The Bertz CT molecular complexity index is 979. The summed E-state index contributed by atoms with van der Waals surface area (Å²) >= 11 is 0. The zero-order valence-electron chi connectivity index (χ0n) is 17.6. The Morgan fingerprint density at radius 1 is 1.10 bits per heavy atom. The van der Waals surface area contributed by atoms with Crippen molar-refractivity contribution in [2.75, 3.05) is 18.1 Å². The molecule has 0 aromatic heterocycles. The highest BCUT2D eigenvalue weighted by atomic mass is 19.1. The largest absolute Gasteiger partial charge is 0.390 e. The number of anilines is 1. The molecule has 5 rings (SSSR count). The maximum atomic E-state index is 13.5. The number of rotatable bonds is 5. The van der Waals surface area contributed by atoms with E-state index in [0.29, 0.717) is 32.4 Å². The van der Waals surface area contributed by atoms with Crippen molar-refractivity contribution in [2.45, 2.75) is 50.2 Å². The first kappa shape index (κ1) is 20.2. The van der Waals surface area contributed by atoms with Gasteiger partial charge in [-0.25, -0.2) is 4.39 Å². The van der Waals surface area contributed by atoms with Crippen molar-refractivity contribution in [3.8, 4) is 11.1 Å². The number of nitrogens with zero attached hydrogens (tertiary/aromatic N) is 3. The summed E-state index contributed by atoms with van der Waals surface area (Å²) in [6.07, 6.45) is 6.60. The zero-order valence-corrected chi connectivity index (χ0v) is 17.6. The van der Waals surface area contributed by atoms with Crippen LogP contribution >= 0.6 is 0 Å². The summed E-state index contributed by atoms with van der Waals surface area (Å²) in [5.41, 5.74) is 1.99. The van der Waals surface area contributed by atoms with E-state index >= 15 is 0 Å². The van der Waals surface area contributed by atoms with Crippen molar-refractivity contribution in [3.63, 3.8) is 0 Å². The van der Waals surface area contributed by atoms with Crippen molar-refractivity contribution in [2.24, 2.45) is 11.0 Å². The molecule has 6 heteroatoms. The fraction of sp³-hybridized carbons (Fsp3) is 0.440. The van der Waals surface area contributed by atoms with E-state index in [4.69, 9.17) is 0 Å². The number of hydrazone groups is 1. The van der Waals surface area contributed by atoms with Crippen LogP contribution in [0.1, 0.15) is 38.5 Å². The quantitative estimate of drug-likeness (QED) is 0.787. The molecule has 162 valence electrons. The normalized spacial score (nSPS) is 22.7. The molecule has 1 unspecified atom stereocenters. The Morgan fingerprint density at radius 2 is 1.84 bits per heavy atom. The highest BCUT2D eigenvalue weighted by Crippen LogP contribution is 2.36. The van der Waals surface area contributed by atoms with E-state index in [1.807, 2.05) is 46.5 Å². The van der Waals surface area contributed by atoms with Gasteiger partial charge in [0, 0.05) is 31.6 Å². The van der Waals surface area contributed by atoms with E-state index in [1.54, 1.807) is 6.07 Å². The van der Waals surface area contributed by atoms with Crippen LogP contribution in [-0.4, -0.2) is 46.9 Å². The van der Waals surface area contributed by atoms with Crippen LogP contribution in [0, 0.1) is 11.7 Å². The first-order valence-corrected chi connectivity index (χ1v) is 11.2. The molecule has 5 nitrogen and oxygen atoms in total. The topological polar surface area (TPSA) is 56.1 Å². The molecule has 2 fully saturated rings. The van der Waals surface area contributed by atoms with Crippen molar-refractivity contribution in [3.05, 3.63) is 54.3 Å². The number of hydrogen-bond donors (Lipinski definition) is 1. The Balaban J connectivity index is 1.23. The number of carbonyl (C=O) groups is 1. The van der Waals surface area contributed by atoms with Gasteiger partial charge in [0.1, 0.15) is 5.82 Å². The standard InChI is InChI=1S/C25H28FN3O2/c26-21-3-1-2-20(16-21)18-6-8-22(9-7-18)29-23(10-13-27-29)17-25(31)11-14-28(15-12-25)24(30)19-4-5-19/h1-3,6-9,13,16,19,23,31H,4-5,10-12,14-15,17H2. The lowest BCUT2D eigenvalue weighted by Gasteiger charge is -2.40. The fourth-order valence-electron chi connectivity index (χ4n) is 4.75. The molecule has 2 heterocycles. The maximum Gasteiger partial charge on any atom is 0.225 e. The van der Waals surface area contributed by atoms with Gasteiger partial charge in [0.25, 0.3) is 0 Å². The first-order chi connectivity index (χ1) is 15.0. The number of likely N-dealkylation sites (tertiary alicyclic amines) is 1. The predicted octanol–water partition coefficient (Wildman–Crippen LogP) is 4.21. The number of aliphatic hydroxyl groups is 1. The third-order valence-corrected chi connectivity index (χ3v) is 6.77. The minimum absolute atomic E-state index is 0.0932. The lowest BCUT2D eigenvalue weighted by molar-refractivity contribution is -0.137. The lowest BCUT2D eigenvalue weighted by Crippen LogP contribution is -2.49. The Hall–Kier alpha value is -2.73. The second-order valence-corrected chi connectivity index (χ2v) is 9.12. The predicted molar refractivity (Wildman–Crippen MR) is 119 cm³/mol. The van der Waals surface area contributed by atoms with E-state index in [2.05, 4.69) is 5.10 Å². The van der Waals surface area contributed by atoms with Crippen LogP contribution in [-0.2, 0) is 4.79 Å². The monoisotopic (exact) mass is 421 g/mol. The highest BCUT2D eigenvalue weighted by Gasteiger charge is 2.41. The number of amides is 1. The second-order valence-electron chi connectivity index (χ2n) is 9.12. The number of benzene rings is 2. The molecule has 0 bridgehead atoms. The first-order valence-electron chi connectivity index (χ1n) is 11.2. The molecule has 3 aliphatic rings. The Morgan fingerprint density at radius 3 is 2.52 bits per heavy atom. The average Bonchev–Trinajstić information content (AvgIpc) is 3.53. The van der Waals surface area contributed by atoms with E-state index in [-0.39, 0.29) is 23.7 Å². The molecule has 0 spiro atoms. The molecule has 1 saturated heterocycles. The zero-order chi connectivity index (χ0) is 21.4. The summed E-state index contributed by atoms with van der Waals surface area (Å²) in [7, 11) is 0. The average molecular weight is 422 g/mol. The van der Waals surface area contributed by atoms with E-state index in [1.165, 1.54) is 12.1 Å². The van der Waals surface area contributed by atoms with Gasteiger partial charge < -0.3 is 10.0 Å². The van der Waals surface area contributed by atoms with Crippen LogP contribution in [0.25, 0.3) is 11.1 Å². The smallest absolute Gasteiger partial charge is 0.225 e. The molecule has 31 heavy (non-hydrogen) atoms. The van der Waals surface area contributed by atoms with Crippen LogP contribution in [0.5, 0.6) is 0 Å². The lowest BCUT2D eigenvalue weighted by atomic mass is 9.84. The third kappa shape index (κ3) is 4.35. The molecular formula is C25H28FN3O2. The van der Waals surface area contributed by atoms with E-state index in [9.17, 15) is 14.3 Å². The molecule has 1 N–H and O–H groups in total. The molecule has 2 aromatic carbocycles. The molecular weight excluding hydrogens is 393 g/mol. The van der Waals surface area contributed by atoms with Gasteiger partial charge in [0.15, 0.2) is 0 Å². The highest BCUT2D eigenvalue weighted by molar-refractivity contribution is 5.81. The van der Waals surface area contributed by atoms with Gasteiger partial charge in [0.05, 0.1) is 17.3 Å². The molecule has 1 aliphatic carbocycles. The van der Waals surface area contributed by atoms with Crippen LogP contribution < -0.4 is 5.01 Å². The summed E-state index contributed by atoms with van der Waals surface area (Å²) in [6.45, 7) is 1.28. The van der Waals surface area contributed by atoms with Gasteiger partial charge in [-0.2, -0.15) is 5.10 Å². The third-order valence-electron chi connectivity index (χ3n) is 6.77. The number of piperidine rings is 1. The van der Waals surface area contributed by atoms with Gasteiger partial charge in [-0.05, 0) is 67.5 Å². The molecule has 2 aliphatic heterocycles. The summed E-state index contributed by atoms with van der Waals surface area (Å²) in [6, 6.07) is 14.6. The molecule has 1 saturated carbocycles. The van der Waals surface area contributed by atoms with Crippen LogP contribution in [0.15, 0.2) is 53.6 Å². The van der Waals surface area contributed by atoms with Gasteiger partial charge in [-0.3, -0.25) is 9.80 Å². The van der Waals surface area contributed by atoms with Crippen molar-refractivity contribution in [1.82, 2.24) is 4.90 Å². The summed E-state index contributed by atoms with van der Waals surface area (Å²) < 4.78 is 13.5. The van der Waals surface area contributed by atoms with Crippen molar-refractivity contribution >= 4 is 17.8 Å². The SMILES string of the molecule is O=C(C1CC1)N1CCC(O)(CC2CC=NN2c2ccc(-c3cccc(F)c3)cc2)CC1. The van der Waals surface area contributed by atoms with Crippen LogP contribution in [0.2, 0.25) is 0 Å². The van der Waals surface area contributed by atoms with Crippen molar-refractivity contribution in [1.29, 1.82) is 0 Å². The Kier molecular flexibility index (Phi) is 5.26. The summed E-state index contributed by atoms with van der Waals surface area (Å²) in [5, 5.41) is 17.7. The van der Waals surface area contributed by atoms with Gasteiger partial charge in [-0.15, -0.1) is 0 Å². The number of hydrogen-bond acceptors (Lipinski definition) is 4. The summed E-state index contributed by atoms with van der Waals surface area (Å²) in [4.78, 5) is 14.2. The van der Waals surface area contributed by atoms with Gasteiger partial charge >= 0.3 is 0 Å². The number of halogens is 1. The molecule has 2 aromatic rings. The van der Waals surface area contributed by atoms with Crippen molar-refractivity contribution < 1.29 is 14.3 Å². The molecule has 1 atom stereocenters. The summed E-state index contributed by atoms with van der Waals surface area (Å²) in [5.74, 6) is 0.260. The second kappa shape index (κ2) is 8.08. The van der Waals surface area contributed by atoms with Gasteiger partial charge in [-0.1, -0.05) is 24.3 Å². The minimum atomic E-state index is -0.765. The van der Waals surface area contributed by atoms with Crippen LogP contribution in [0.4, 0.5) is 10.1 Å². The van der Waals surface area contributed by atoms with Gasteiger partial charge in [0.2, 0.25) is 5.91 Å². The van der Waals surface area contributed by atoms with E-state index in [0.717, 1.165) is 36.1 Å². The Labute approximate surface area is 182 Å². The van der Waals surface area contributed by atoms with E-state index < -0.39 is 5.60 Å². The maximum absolute atomic E-state index is 13.5. The molecule has 1 amide bonds. The fourth-order valence-corrected chi connectivity index (χ4v) is 4.75. The molecule has 0 radical (unpaired) electrons. The number of carbonyl (C=O) groups excluding carboxylic acids is 1. The minimum Gasteiger partial charge on any atom is -0.390 e.